The first-order valence-corrected chi connectivity index (χ1v) is 8.20. The standard InChI is InChI=1S/C17H23N5O4/c1-11(2)9-14(16(24)21-22-18)20-15(23)12(3)19-17(25)26-10-13-7-5-4-6-8-13/h4-8,11-12,14H,9-10H2,1-3H3,(H,19,25)(H,20,23)/t12-,14-/m0/s1. The molecule has 140 valence electrons. The van der Waals surface area contributed by atoms with E-state index in [2.05, 4.69) is 20.7 Å². The Bertz CT molecular complexity index is 671. The molecule has 0 saturated carbocycles. The van der Waals surface area contributed by atoms with Crippen molar-refractivity contribution < 1.29 is 19.1 Å². The molecule has 0 radical (unpaired) electrons. The molecule has 0 aromatic heterocycles. The van der Waals surface area contributed by atoms with Crippen molar-refractivity contribution in [2.45, 2.75) is 45.9 Å². The summed E-state index contributed by atoms with van der Waals surface area (Å²) in [5, 5.41) is 7.91. The van der Waals surface area contributed by atoms with Gasteiger partial charge in [-0.1, -0.05) is 44.2 Å². The average molecular weight is 361 g/mol. The van der Waals surface area contributed by atoms with Crippen LogP contribution in [0.3, 0.4) is 0 Å². The number of hydrogen-bond acceptors (Lipinski definition) is 4. The summed E-state index contributed by atoms with van der Waals surface area (Å²) in [6, 6.07) is 7.24. The molecule has 9 heteroatoms. The lowest BCUT2D eigenvalue weighted by Crippen LogP contribution is -2.50. The van der Waals surface area contributed by atoms with Crippen molar-refractivity contribution in [3.8, 4) is 0 Å². The minimum Gasteiger partial charge on any atom is -0.445 e. The molecule has 0 saturated heterocycles. The van der Waals surface area contributed by atoms with Crippen molar-refractivity contribution in [1.29, 1.82) is 0 Å². The molecule has 0 bridgehead atoms. The second-order valence-electron chi connectivity index (χ2n) is 6.15. The summed E-state index contributed by atoms with van der Waals surface area (Å²) in [5.41, 5.74) is 9.20. The van der Waals surface area contributed by atoms with E-state index in [0.717, 1.165) is 5.56 Å². The molecule has 3 amide bonds. The van der Waals surface area contributed by atoms with Crippen LogP contribution in [0.25, 0.3) is 10.4 Å². The van der Waals surface area contributed by atoms with Crippen LogP contribution in [0.2, 0.25) is 0 Å². The fourth-order valence-electron chi connectivity index (χ4n) is 2.11. The van der Waals surface area contributed by atoms with Gasteiger partial charge < -0.3 is 15.4 Å². The average Bonchev–Trinajstić information content (AvgIpc) is 2.60. The van der Waals surface area contributed by atoms with Crippen molar-refractivity contribution in [2.75, 3.05) is 0 Å². The fourth-order valence-corrected chi connectivity index (χ4v) is 2.11. The first-order valence-electron chi connectivity index (χ1n) is 8.20. The van der Waals surface area contributed by atoms with E-state index in [1.165, 1.54) is 6.92 Å². The summed E-state index contributed by atoms with van der Waals surface area (Å²) in [6.07, 6.45) is -0.437. The lowest BCUT2D eigenvalue weighted by molar-refractivity contribution is -0.128. The Hall–Kier alpha value is -3.06. The summed E-state index contributed by atoms with van der Waals surface area (Å²) in [6.45, 7) is 5.27. The van der Waals surface area contributed by atoms with Gasteiger partial charge in [-0.15, -0.1) is 0 Å². The second-order valence-corrected chi connectivity index (χ2v) is 6.15. The van der Waals surface area contributed by atoms with Crippen LogP contribution in [0, 0.1) is 5.92 Å². The highest BCUT2D eigenvalue weighted by Gasteiger charge is 2.24. The number of nitrogens with one attached hydrogen (secondary N) is 2. The van der Waals surface area contributed by atoms with Crippen molar-refractivity contribution in [2.24, 2.45) is 11.0 Å². The molecule has 2 N–H and O–H groups in total. The monoisotopic (exact) mass is 361 g/mol. The van der Waals surface area contributed by atoms with Crippen molar-refractivity contribution >= 4 is 17.9 Å². The fraction of sp³-hybridized carbons (Fsp3) is 0.471. The molecule has 0 aliphatic rings. The van der Waals surface area contributed by atoms with Crippen molar-refractivity contribution in [1.82, 2.24) is 10.6 Å². The molecule has 9 nitrogen and oxygen atoms in total. The largest absolute Gasteiger partial charge is 0.445 e. The molecule has 0 spiro atoms. The van der Waals surface area contributed by atoms with Gasteiger partial charge in [0.25, 0.3) is 0 Å². The van der Waals surface area contributed by atoms with Gasteiger partial charge in [-0.2, -0.15) is 0 Å². The lowest BCUT2D eigenvalue weighted by Gasteiger charge is -2.20. The summed E-state index contributed by atoms with van der Waals surface area (Å²) < 4.78 is 5.04. The number of carbonyl (C=O) groups excluding carboxylic acids is 3. The number of amides is 3. The van der Waals surface area contributed by atoms with E-state index in [-0.39, 0.29) is 12.5 Å². The summed E-state index contributed by atoms with van der Waals surface area (Å²) in [7, 11) is 0. The molecule has 2 atom stereocenters. The molecular formula is C17H23N5O4. The number of alkyl carbamates (subject to hydrolysis) is 1. The van der Waals surface area contributed by atoms with Crippen LogP contribution in [0.5, 0.6) is 0 Å². The first-order chi connectivity index (χ1) is 12.3. The van der Waals surface area contributed by atoms with Crippen LogP contribution in [-0.2, 0) is 20.9 Å². The van der Waals surface area contributed by atoms with E-state index in [0.29, 0.717) is 6.42 Å². The molecule has 0 unspecified atom stereocenters. The van der Waals surface area contributed by atoms with Crippen LogP contribution < -0.4 is 10.6 Å². The normalized spacial score (nSPS) is 12.5. The minimum absolute atomic E-state index is 0.0758. The van der Waals surface area contributed by atoms with E-state index >= 15 is 0 Å². The van der Waals surface area contributed by atoms with Gasteiger partial charge in [0.05, 0.1) is 6.04 Å². The van der Waals surface area contributed by atoms with E-state index in [1.54, 1.807) is 12.1 Å². The Morgan fingerprint density at radius 2 is 1.81 bits per heavy atom. The van der Waals surface area contributed by atoms with Gasteiger partial charge >= 0.3 is 6.09 Å². The van der Waals surface area contributed by atoms with Crippen LogP contribution >= 0.6 is 0 Å². The maximum absolute atomic E-state index is 12.2. The Kier molecular flexibility index (Phi) is 8.66. The smallest absolute Gasteiger partial charge is 0.408 e. The van der Waals surface area contributed by atoms with Crippen molar-refractivity contribution in [3.05, 3.63) is 46.3 Å². The number of nitrogens with zero attached hydrogens (tertiary/aromatic N) is 3. The predicted octanol–water partition coefficient (Wildman–Crippen LogP) is 2.67. The lowest BCUT2D eigenvalue weighted by atomic mass is 10.0. The molecule has 0 heterocycles. The third-order valence-electron chi connectivity index (χ3n) is 3.41. The van der Waals surface area contributed by atoms with E-state index in [9.17, 15) is 14.4 Å². The van der Waals surface area contributed by atoms with E-state index in [4.69, 9.17) is 10.3 Å². The summed E-state index contributed by atoms with van der Waals surface area (Å²) in [5.74, 6) is -1.25. The number of azide groups is 1. The van der Waals surface area contributed by atoms with Crippen LogP contribution in [-0.4, -0.2) is 30.0 Å². The van der Waals surface area contributed by atoms with Gasteiger partial charge in [-0.05, 0) is 35.5 Å². The van der Waals surface area contributed by atoms with E-state index < -0.39 is 30.0 Å². The van der Waals surface area contributed by atoms with Crippen LogP contribution in [0.4, 0.5) is 4.79 Å². The van der Waals surface area contributed by atoms with Gasteiger partial charge in [0.15, 0.2) is 0 Å². The minimum atomic E-state index is -0.942. The zero-order valence-corrected chi connectivity index (χ0v) is 15.0. The van der Waals surface area contributed by atoms with Gasteiger partial charge in [0.2, 0.25) is 11.8 Å². The van der Waals surface area contributed by atoms with Gasteiger partial charge in [0.1, 0.15) is 12.6 Å². The highest BCUT2D eigenvalue weighted by Crippen LogP contribution is 2.07. The molecule has 1 aromatic carbocycles. The van der Waals surface area contributed by atoms with E-state index in [1.807, 2.05) is 32.0 Å². The maximum Gasteiger partial charge on any atom is 0.408 e. The van der Waals surface area contributed by atoms with Gasteiger partial charge in [-0.25, -0.2) is 4.79 Å². The van der Waals surface area contributed by atoms with Crippen molar-refractivity contribution in [3.63, 3.8) is 0 Å². The Labute approximate surface area is 151 Å². The predicted molar refractivity (Wildman–Crippen MR) is 94.8 cm³/mol. The number of benzene rings is 1. The Balaban J connectivity index is 2.54. The zero-order chi connectivity index (χ0) is 19.5. The number of hydrogen-bond donors (Lipinski definition) is 2. The molecular weight excluding hydrogens is 338 g/mol. The molecule has 1 rings (SSSR count). The highest BCUT2D eigenvalue weighted by atomic mass is 16.5. The quantitative estimate of drug-likeness (QED) is 0.418. The summed E-state index contributed by atoms with van der Waals surface area (Å²) >= 11 is 0. The number of rotatable bonds is 8. The topological polar surface area (TPSA) is 133 Å². The number of ether oxygens (including phenoxy) is 1. The SMILES string of the molecule is CC(C)C[C@H](NC(=O)[C@H](C)NC(=O)OCc1ccccc1)C(=O)N=[N+]=[N-]. The molecule has 26 heavy (non-hydrogen) atoms. The van der Waals surface area contributed by atoms with Gasteiger partial charge in [0, 0.05) is 4.91 Å². The third kappa shape index (κ3) is 7.67. The Morgan fingerprint density at radius 3 is 2.38 bits per heavy atom. The third-order valence-corrected chi connectivity index (χ3v) is 3.41. The molecule has 1 aromatic rings. The molecule has 0 aliphatic carbocycles. The maximum atomic E-state index is 12.2. The Morgan fingerprint density at radius 1 is 1.15 bits per heavy atom. The molecule has 0 fully saturated rings. The summed E-state index contributed by atoms with van der Waals surface area (Å²) in [4.78, 5) is 38.2. The first kappa shape index (κ1) is 21.0. The zero-order valence-electron chi connectivity index (χ0n) is 15.0. The van der Waals surface area contributed by atoms with Gasteiger partial charge in [-0.3, -0.25) is 9.59 Å². The highest BCUT2D eigenvalue weighted by molar-refractivity contribution is 5.91. The van der Waals surface area contributed by atoms with Crippen LogP contribution in [0.1, 0.15) is 32.8 Å². The molecule has 0 aliphatic heterocycles. The second kappa shape index (κ2) is 10.7. The number of carbonyl (C=O) groups is 3. The van der Waals surface area contributed by atoms with Crippen LogP contribution in [0.15, 0.2) is 35.4 Å².